The third-order valence-corrected chi connectivity index (χ3v) is 7.18. The lowest BCUT2D eigenvalue weighted by Gasteiger charge is -2.45. The molecule has 10 heteroatoms. The van der Waals surface area contributed by atoms with E-state index >= 15 is 0 Å². The third kappa shape index (κ3) is 5.34. The summed E-state index contributed by atoms with van der Waals surface area (Å²) < 4.78 is 12.2. The van der Waals surface area contributed by atoms with E-state index in [0.29, 0.717) is 19.4 Å². The number of Topliss-reactive ketones (excluding diaryl/α,β-unsaturated/α-hetero) is 1. The van der Waals surface area contributed by atoms with Gasteiger partial charge in [0.25, 0.3) is 11.9 Å². The molecule has 2 saturated heterocycles. The van der Waals surface area contributed by atoms with Gasteiger partial charge < -0.3 is 19.4 Å². The molecule has 1 aromatic heterocycles. The quantitative estimate of drug-likeness (QED) is 0.503. The molecule has 192 valence electrons. The summed E-state index contributed by atoms with van der Waals surface area (Å²) in [6, 6.07) is 8.34. The fourth-order valence-corrected chi connectivity index (χ4v) is 5.61. The number of carbonyl (C=O) groups excluding carboxylic acids is 3. The molecule has 0 saturated carbocycles. The van der Waals surface area contributed by atoms with E-state index in [1.807, 2.05) is 49.0 Å². The molecular weight excluding hydrogens is 459 g/mol. The Morgan fingerprint density at radius 1 is 1.19 bits per heavy atom. The van der Waals surface area contributed by atoms with Crippen LogP contribution in [0, 0.1) is 5.92 Å². The standard InChI is InChI=1S/C26H34BN4O5/c1-17(2)12-21(27-31(18(3)16-35-27)19(4)26(34)36-27)14-24(32)22(13-20-8-6-5-7-9-20)30-25(33)23-15-28-10-11-29-23/h5-11,15,17-19,21-22H,12-14,16H2,1-4H3,(H,30,33)/q-1/t18-,19-,21-,22+,27?/m1/s1. The number of fused-ring (bicyclic) bond motifs is 1. The molecule has 3 heterocycles. The van der Waals surface area contributed by atoms with Crippen molar-refractivity contribution < 1.29 is 23.7 Å². The fraction of sp³-hybridized carbons (Fsp3) is 0.500. The van der Waals surface area contributed by atoms with Gasteiger partial charge in [-0.3, -0.25) is 19.4 Å². The Morgan fingerprint density at radius 2 is 1.94 bits per heavy atom. The lowest BCUT2D eigenvalue weighted by Crippen LogP contribution is -2.56. The first-order chi connectivity index (χ1) is 17.2. The first-order valence-electron chi connectivity index (χ1n) is 12.6. The molecule has 1 N–H and O–H groups in total. The number of amides is 1. The summed E-state index contributed by atoms with van der Waals surface area (Å²) >= 11 is 0. The highest BCUT2D eigenvalue weighted by Gasteiger charge is 2.58. The zero-order valence-corrected chi connectivity index (χ0v) is 21.3. The van der Waals surface area contributed by atoms with Crippen LogP contribution in [0.3, 0.4) is 0 Å². The first-order valence-corrected chi connectivity index (χ1v) is 12.6. The van der Waals surface area contributed by atoms with Crippen LogP contribution in [0.25, 0.3) is 0 Å². The second-order valence-corrected chi connectivity index (χ2v) is 10.3. The summed E-state index contributed by atoms with van der Waals surface area (Å²) in [7, 11) is 0. The second-order valence-electron chi connectivity index (χ2n) is 10.3. The van der Waals surface area contributed by atoms with E-state index in [4.69, 9.17) is 9.31 Å². The highest BCUT2D eigenvalue weighted by Crippen LogP contribution is 2.45. The number of carbonyl (C=O) groups is 3. The monoisotopic (exact) mass is 493 g/mol. The Kier molecular flexibility index (Phi) is 7.85. The number of hydrogen-bond donors (Lipinski definition) is 1. The lowest BCUT2D eigenvalue weighted by molar-refractivity contribution is -0.136. The minimum Gasteiger partial charge on any atom is -0.652 e. The molecule has 9 nitrogen and oxygen atoms in total. The zero-order chi connectivity index (χ0) is 25.9. The molecule has 0 aliphatic carbocycles. The number of hydrogen-bond acceptors (Lipinski definition) is 8. The molecule has 2 fully saturated rings. The van der Waals surface area contributed by atoms with Gasteiger partial charge in [-0.1, -0.05) is 63.3 Å². The topological polar surface area (TPSA) is 111 Å². The highest BCUT2D eigenvalue weighted by molar-refractivity contribution is 6.70. The largest absolute Gasteiger partial charge is 0.652 e. The molecule has 1 unspecified atom stereocenters. The predicted molar refractivity (Wildman–Crippen MR) is 135 cm³/mol. The Bertz CT molecular complexity index is 1090. The number of benzene rings is 1. The van der Waals surface area contributed by atoms with Gasteiger partial charge in [-0.25, -0.2) is 4.98 Å². The van der Waals surface area contributed by atoms with Crippen LogP contribution < -0.4 is 5.32 Å². The number of aromatic nitrogens is 2. The molecule has 1 amide bonds. The van der Waals surface area contributed by atoms with Gasteiger partial charge in [0.05, 0.1) is 18.3 Å². The molecule has 2 aliphatic heterocycles. The molecule has 4 rings (SSSR count). The van der Waals surface area contributed by atoms with Gasteiger partial charge >= 0.3 is 6.69 Å². The molecule has 2 aliphatic rings. The van der Waals surface area contributed by atoms with Crippen LogP contribution in [0.5, 0.6) is 0 Å². The molecular formula is C26H34BN4O5-. The Morgan fingerprint density at radius 3 is 2.61 bits per heavy atom. The third-order valence-electron chi connectivity index (χ3n) is 7.18. The average molecular weight is 493 g/mol. The first kappa shape index (κ1) is 26.0. The van der Waals surface area contributed by atoms with Gasteiger partial charge in [0.1, 0.15) is 5.69 Å². The molecule has 0 radical (unpaired) electrons. The van der Waals surface area contributed by atoms with Crippen molar-refractivity contribution in [3.05, 3.63) is 60.2 Å². The number of ketones is 1. The maximum atomic E-state index is 13.8. The van der Waals surface area contributed by atoms with Crippen LogP contribution in [0.2, 0.25) is 5.82 Å². The van der Waals surface area contributed by atoms with Gasteiger partial charge in [0, 0.05) is 19.0 Å². The average Bonchev–Trinajstić information content (AvgIpc) is 3.33. The van der Waals surface area contributed by atoms with Crippen molar-refractivity contribution in [2.75, 3.05) is 6.61 Å². The van der Waals surface area contributed by atoms with Crippen LogP contribution in [0.4, 0.5) is 0 Å². The van der Waals surface area contributed by atoms with Crippen LogP contribution in [-0.4, -0.2) is 63.9 Å². The van der Waals surface area contributed by atoms with Crippen LogP contribution in [0.15, 0.2) is 48.9 Å². The van der Waals surface area contributed by atoms with Crippen molar-refractivity contribution in [2.24, 2.45) is 5.92 Å². The minimum atomic E-state index is -2.12. The molecule has 2 aromatic rings. The lowest BCUT2D eigenvalue weighted by atomic mass is 9.53. The zero-order valence-electron chi connectivity index (χ0n) is 21.3. The van der Waals surface area contributed by atoms with Gasteiger partial charge in [-0.15, -0.1) is 0 Å². The molecule has 0 bridgehead atoms. The maximum absolute atomic E-state index is 13.8. The van der Waals surface area contributed by atoms with E-state index in [-0.39, 0.29) is 41.6 Å². The van der Waals surface area contributed by atoms with E-state index in [1.165, 1.54) is 18.6 Å². The summed E-state index contributed by atoms with van der Waals surface area (Å²) in [6.45, 7) is 6.30. The van der Waals surface area contributed by atoms with E-state index in [9.17, 15) is 14.4 Å². The summed E-state index contributed by atoms with van der Waals surface area (Å²) in [4.78, 5) is 49.4. The van der Waals surface area contributed by atoms with E-state index in [2.05, 4.69) is 29.1 Å². The summed E-state index contributed by atoms with van der Waals surface area (Å²) in [5.74, 6) is -1.01. The van der Waals surface area contributed by atoms with Gasteiger partial charge in [0.2, 0.25) is 0 Å². The smallest absolute Gasteiger partial charge is 0.378 e. The number of rotatable bonds is 10. The van der Waals surface area contributed by atoms with Crippen molar-refractivity contribution in [1.82, 2.24) is 20.1 Å². The molecule has 36 heavy (non-hydrogen) atoms. The van der Waals surface area contributed by atoms with Crippen molar-refractivity contribution >= 4 is 24.3 Å². The van der Waals surface area contributed by atoms with Gasteiger partial charge in [-0.2, -0.15) is 0 Å². The predicted octanol–water partition coefficient (Wildman–Crippen LogP) is 2.80. The Labute approximate surface area is 212 Å². The highest BCUT2D eigenvalue weighted by atomic mass is 16.7. The summed E-state index contributed by atoms with van der Waals surface area (Å²) in [5.41, 5.74) is 1.07. The normalized spacial score (nSPS) is 25.3. The Balaban J connectivity index is 1.60. The van der Waals surface area contributed by atoms with Gasteiger partial charge in [-0.05, 0) is 37.3 Å². The number of nitrogens with one attached hydrogen (secondary N) is 1. The SMILES string of the molecule is CC(C)C[C@H](CC(=O)[C@H](Cc1ccccc1)NC(=O)c1cnccn1)[B-]12OC[C@@H](C)N1[C@H](C)C(=O)O2. The molecule has 1 aromatic carbocycles. The fourth-order valence-electron chi connectivity index (χ4n) is 5.61. The van der Waals surface area contributed by atoms with Crippen molar-refractivity contribution in [3.8, 4) is 0 Å². The number of nitrogens with zero attached hydrogens (tertiary/aromatic N) is 3. The van der Waals surface area contributed by atoms with Gasteiger partial charge in [0.15, 0.2) is 5.78 Å². The van der Waals surface area contributed by atoms with Crippen LogP contribution in [-0.2, 0) is 25.3 Å². The van der Waals surface area contributed by atoms with Crippen molar-refractivity contribution in [3.63, 3.8) is 0 Å². The van der Waals surface area contributed by atoms with Crippen molar-refractivity contribution in [2.45, 2.75) is 70.9 Å². The van der Waals surface area contributed by atoms with Crippen LogP contribution in [0.1, 0.15) is 56.6 Å². The van der Waals surface area contributed by atoms with E-state index < -0.39 is 24.7 Å². The van der Waals surface area contributed by atoms with E-state index in [1.54, 1.807) is 0 Å². The van der Waals surface area contributed by atoms with E-state index in [0.717, 1.165) is 5.56 Å². The molecule has 5 atom stereocenters. The second kappa shape index (κ2) is 10.9. The Hall–Kier alpha value is -3.11. The summed E-state index contributed by atoms with van der Waals surface area (Å²) in [6.07, 6.45) is 5.38. The summed E-state index contributed by atoms with van der Waals surface area (Å²) in [5, 5.41) is 2.87. The maximum Gasteiger partial charge on any atom is 0.378 e. The molecule has 0 spiro atoms. The van der Waals surface area contributed by atoms with Crippen LogP contribution >= 0.6 is 0 Å². The minimum absolute atomic E-state index is 0.00712. The van der Waals surface area contributed by atoms with Crippen molar-refractivity contribution in [1.29, 1.82) is 0 Å².